The summed E-state index contributed by atoms with van der Waals surface area (Å²) < 4.78 is 0. The number of piperazine rings is 1. The topological polar surface area (TPSA) is 63.1 Å². The third-order valence-electron chi connectivity index (χ3n) is 5.89. The smallest absolute Gasteiger partial charge is 0.191 e. The molecule has 2 aromatic rings. The van der Waals surface area contributed by atoms with Gasteiger partial charge in [0.05, 0.1) is 6.61 Å². The number of aliphatic hydroxyl groups is 1. The lowest BCUT2D eigenvalue weighted by Crippen LogP contribution is -2.46. The predicted octanol–water partition coefficient (Wildman–Crippen LogP) is 2.14. The molecule has 168 valence electrons. The lowest BCUT2D eigenvalue weighted by molar-refractivity contribution is 0.126. The van der Waals surface area contributed by atoms with E-state index in [1.807, 2.05) is 18.2 Å². The van der Waals surface area contributed by atoms with Gasteiger partial charge in [-0.25, -0.2) is 0 Å². The van der Waals surface area contributed by atoms with Crippen molar-refractivity contribution in [2.24, 2.45) is 4.99 Å². The summed E-state index contributed by atoms with van der Waals surface area (Å²) in [5.74, 6) is 0.856. The number of aliphatic imine (C=N–C) groups is 1. The molecule has 0 bridgehead atoms. The van der Waals surface area contributed by atoms with E-state index in [2.05, 4.69) is 67.9 Å². The molecule has 2 aromatic carbocycles. The van der Waals surface area contributed by atoms with Gasteiger partial charge in [0.1, 0.15) is 0 Å². The summed E-state index contributed by atoms with van der Waals surface area (Å²) in [5.41, 5.74) is 2.54. The van der Waals surface area contributed by atoms with Crippen LogP contribution in [0.5, 0.6) is 0 Å². The van der Waals surface area contributed by atoms with Crippen LogP contribution < -0.4 is 10.6 Å². The van der Waals surface area contributed by atoms with Gasteiger partial charge in [-0.15, -0.1) is 0 Å². The number of hydrogen-bond donors (Lipinski definition) is 3. The Kier molecular flexibility index (Phi) is 9.83. The molecule has 0 spiro atoms. The van der Waals surface area contributed by atoms with E-state index in [9.17, 15) is 5.11 Å². The third-order valence-corrected chi connectivity index (χ3v) is 5.89. The van der Waals surface area contributed by atoms with E-state index in [4.69, 9.17) is 0 Å². The Balaban J connectivity index is 1.29. The molecule has 3 rings (SSSR count). The summed E-state index contributed by atoms with van der Waals surface area (Å²) in [4.78, 5) is 9.41. The van der Waals surface area contributed by atoms with E-state index >= 15 is 0 Å². The Bertz CT molecular complexity index is 760. The van der Waals surface area contributed by atoms with Gasteiger partial charge >= 0.3 is 0 Å². The molecule has 0 aromatic heterocycles. The van der Waals surface area contributed by atoms with Gasteiger partial charge in [0.25, 0.3) is 0 Å². The number of benzene rings is 2. The molecule has 31 heavy (non-hydrogen) atoms. The maximum absolute atomic E-state index is 9.72. The van der Waals surface area contributed by atoms with Crippen molar-refractivity contribution in [3.8, 4) is 0 Å². The fourth-order valence-electron chi connectivity index (χ4n) is 3.98. The predicted molar refractivity (Wildman–Crippen MR) is 128 cm³/mol. The number of aliphatic hydroxyl groups excluding tert-OH is 1. The number of hydrogen-bond acceptors (Lipinski definition) is 4. The number of nitrogens with one attached hydrogen (secondary N) is 2. The molecular weight excluding hydrogens is 386 g/mol. The number of guanidine groups is 1. The Morgan fingerprint density at radius 2 is 1.58 bits per heavy atom. The van der Waals surface area contributed by atoms with Crippen LogP contribution in [-0.4, -0.2) is 80.3 Å². The van der Waals surface area contributed by atoms with Crippen molar-refractivity contribution in [2.45, 2.75) is 18.9 Å². The van der Waals surface area contributed by atoms with Gasteiger partial charge in [0.2, 0.25) is 0 Å². The zero-order chi connectivity index (χ0) is 21.7. The van der Waals surface area contributed by atoms with Gasteiger partial charge in [-0.2, -0.15) is 0 Å². The van der Waals surface area contributed by atoms with Gasteiger partial charge in [0.15, 0.2) is 5.96 Å². The van der Waals surface area contributed by atoms with E-state index < -0.39 is 0 Å². The van der Waals surface area contributed by atoms with Crippen LogP contribution in [0.2, 0.25) is 0 Å². The SMILES string of the molecule is CN=C(NCCCN1CCN(Cc2ccccc2)CC1)NCC(CO)c1ccccc1. The van der Waals surface area contributed by atoms with E-state index in [0.717, 1.165) is 63.8 Å². The molecule has 3 N–H and O–H groups in total. The van der Waals surface area contributed by atoms with Gasteiger partial charge in [-0.05, 0) is 24.1 Å². The highest BCUT2D eigenvalue weighted by Crippen LogP contribution is 2.13. The van der Waals surface area contributed by atoms with E-state index in [1.54, 1.807) is 7.05 Å². The maximum atomic E-state index is 9.72. The summed E-state index contributed by atoms with van der Waals surface area (Å²) >= 11 is 0. The molecule has 1 atom stereocenters. The van der Waals surface area contributed by atoms with Crippen molar-refractivity contribution in [3.05, 3.63) is 71.8 Å². The zero-order valence-corrected chi connectivity index (χ0v) is 18.7. The first-order valence-corrected chi connectivity index (χ1v) is 11.4. The minimum atomic E-state index is 0.0620. The Morgan fingerprint density at radius 3 is 2.23 bits per heavy atom. The molecule has 0 saturated carbocycles. The Labute approximate surface area is 187 Å². The van der Waals surface area contributed by atoms with Crippen molar-refractivity contribution in [1.29, 1.82) is 0 Å². The molecule has 1 heterocycles. The highest BCUT2D eigenvalue weighted by Gasteiger charge is 2.16. The van der Waals surface area contributed by atoms with Crippen molar-refractivity contribution in [1.82, 2.24) is 20.4 Å². The van der Waals surface area contributed by atoms with E-state index in [1.165, 1.54) is 5.56 Å². The fourth-order valence-corrected chi connectivity index (χ4v) is 3.98. The van der Waals surface area contributed by atoms with Crippen LogP contribution in [0.4, 0.5) is 0 Å². The highest BCUT2D eigenvalue weighted by molar-refractivity contribution is 5.79. The first-order valence-electron chi connectivity index (χ1n) is 11.4. The molecule has 0 amide bonds. The fraction of sp³-hybridized carbons (Fsp3) is 0.480. The van der Waals surface area contributed by atoms with Crippen molar-refractivity contribution >= 4 is 5.96 Å². The standard InChI is InChI=1S/C25H37N5O/c1-26-25(28-19-24(21-31)23-11-6-3-7-12-23)27-13-8-14-29-15-17-30(18-16-29)20-22-9-4-2-5-10-22/h2-7,9-12,24,31H,8,13-21H2,1H3,(H2,26,27,28). The average Bonchev–Trinajstić information content (AvgIpc) is 2.83. The summed E-state index contributed by atoms with van der Waals surface area (Å²) in [6.45, 7) is 8.35. The van der Waals surface area contributed by atoms with E-state index in [-0.39, 0.29) is 12.5 Å². The van der Waals surface area contributed by atoms with Gasteiger partial charge in [0, 0.05) is 58.8 Å². The van der Waals surface area contributed by atoms with Crippen LogP contribution in [0.3, 0.4) is 0 Å². The molecule has 1 aliphatic heterocycles. The molecular formula is C25H37N5O. The first-order chi connectivity index (χ1) is 15.3. The normalized spacial score (nSPS) is 16.8. The number of rotatable bonds is 10. The molecule has 6 nitrogen and oxygen atoms in total. The second-order valence-electron chi connectivity index (χ2n) is 8.13. The molecule has 6 heteroatoms. The second kappa shape index (κ2) is 13.1. The third kappa shape index (κ3) is 7.98. The van der Waals surface area contributed by atoms with Crippen LogP contribution in [0.25, 0.3) is 0 Å². The maximum Gasteiger partial charge on any atom is 0.191 e. The molecule has 0 aliphatic carbocycles. The summed E-state index contributed by atoms with van der Waals surface area (Å²) in [7, 11) is 1.79. The van der Waals surface area contributed by atoms with Crippen LogP contribution in [0.15, 0.2) is 65.7 Å². The van der Waals surface area contributed by atoms with Crippen molar-refractivity contribution in [3.63, 3.8) is 0 Å². The average molecular weight is 424 g/mol. The van der Waals surface area contributed by atoms with Gasteiger partial charge < -0.3 is 20.6 Å². The van der Waals surface area contributed by atoms with E-state index in [0.29, 0.717) is 6.54 Å². The summed E-state index contributed by atoms with van der Waals surface area (Å²) in [6, 6.07) is 20.8. The lowest BCUT2D eigenvalue weighted by atomic mass is 10.0. The van der Waals surface area contributed by atoms with Crippen molar-refractivity contribution < 1.29 is 5.11 Å². The summed E-state index contributed by atoms with van der Waals surface area (Å²) in [5, 5.41) is 16.5. The number of nitrogens with zero attached hydrogens (tertiary/aromatic N) is 3. The summed E-state index contributed by atoms with van der Waals surface area (Å²) in [6.07, 6.45) is 1.08. The molecule has 0 radical (unpaired) electrons. The Morgan fingerprint density at radius 1 is 0.935 bits per heavy atom. The largest absolute Gasteiger partial charge is 0.396 e. The first kappa shape index (κ1) is 23.3. The van der Waals surface area contributed by atoms with Crippen LogP contribution in [0.1, 0.15) is 23.5 Å². The van der Waals surface area contributed by atoms with Crippen LogP contribution >= 0.6 is 0 Å². The quantitative estimate of drug-likeness (QED) is 0.310. The minimum Gasteiger partial charge on any atom is -0.396 e. The highest BCUT2D eigenvalue weighted by atomic mass is 16.3. The minimum absolute atomic E-state index is 0.0620. The zero-order valence-electron chi connectivity index (χ0n) is 18.7. The van der Waals surface area contributed by atoms with Gasteiger partial charge in [-0.3, -0.25) is 9.89 Å². The van der Waals surface area contributed by atoms with Gasteiger partial charge in [-0.1, -0.05) is 60.7 Å². The Hall–Kier alpha value is -2.41. The van der Waals surface area contributed by atoms with Crippen molar-refractivity contribution in [2.75, 3.05) is 59.5 Å². The second-order valence-corrected chi connectivity index (χ2v) is 8.13. The van der Waals surface area contributed by atoms with Crippen LogP contribution in [-0.2, 0) is 6.54 Å². The molecule has 1 saturated heterocycles. The van der Waals surface area contributed by atoms with Crippen LogP contribution in [0, 0.1) is 0 Å². The molecule has 1 aliphatic rings. The monoisotopic (exact) mass is 423 g/mol. The lowest BCUT2D eigenvalue weighted by Gasteiger charge is -2.34. The molecule has 1 unspecified atom stereocenters. The molecule has 1 fully saturated rings.